The third-order valence-corrected chi connectivity index (χ3v) is 2.36. The third kappa shape index (κ3) is 1.72. The standard InChI is InChI=1S/C9H7BrFNO/c10-7-5-6(1-2-8(7)11)9-12-3-4-13-9/h1-2,5H,3-4H2. The maximum Gasteiger partial charge on any atom is 0.216 e. The summed E-state index contributed by atoms with van der Waals surface area (Å²) in [4.78, 5) is 4.13. The molecule has 0 amide bonds. The molecule has 1 aromatic carbocycles. The lowest BCUT2D eigenvalue weighted by atomic mass is 10.2. The smallest absolute Gasteiger partial charge is 0.216 e. The highest BCUT2D eigenvalue weighted by molar-refractivity contribution is 9.10. The Morgan fingerprint density at radius 2 is 2.31 bits per heavy atom. The van der Waals surface area contributed by atoms with E-state index in [1.54, 1.807) is 12.1 Å². The molecule has 0 radical (unpaired) electrons. The molecular formula is C9H7BrFNO. The molecule has 68 valence electrons. The second-order valence-electron chi connectivity index (χ2n) is 2.66. The quantitative estimate of drug-likeness (QED) is 0.743. The molecule has 1 heterocycles. The van der Waals surface area contributed by atoms with Gasteiger partial charge in [-0.15, -0.1) is 0 Å². The Balaban J connectivity index is 2.36. The Labute approximate surface area is 83.6 Å². The molecule has 0 atom stereocenters. The van der Waals surface area contributed by atoms with Crippen molar-refractivity contribution >= 4 is 21.8 Å². The van der Waals surface area contributed by atoms with E-state index in [1.807, 2.05) is 0 Å². The SMILES string of the molecule is Fc1ccc(C2=NCCO2)cc1Br. The molecule has 0 aliphatic carbocycles. The summed E-state index contributed by atoms with van der Waals surface area (Å²) in [6.45, 7) is 1.30. The van der Waals surface area contributed by atoms with Crippen LogP contribution in [0.1, 0.15) is 5.56 Å². The van der Waals surface area contributed by atoms with Crippen molar-refractivity contribution in [2.24, 2.45) is 4.99 Å². The fourth-order valence-electron chi connectivity index (χ4n) is 1.14. The second kappa shape index (κ2) is 3.46. The number of rotatable bonds is 1. The summed E-state index contributed by atoms with van der Waals surface area (Å²) >= 11 is 3.11. The van der Waals surface area contributed by atoms with E-state index >= 15 is 0 Å². The van der Waals surface area contributed by atoms with Gasteiger partial charge in [0.2, 0.25) is 5.90 Å². The lowest BCUT2D eigenvalue weighted by Gasteiger charge is -2.02. The van der Waals surface area contributed by atoms with Crippen LogP contribution < -0.4 is 0 Å². The maximum absolute atomic E-state index is 12.9. The van der Waals surface area contributed by atoms with Crippen molar-refractivity contribution in [3.05, 3.63) is 34.1 Å². The molecule has 2 nitrogen and oxygen atoms in total. The first-order valence-corrected chi connectivity index (χ1v) is 4.69. The van der Waals surface area contributed by atoms with Crippen molar-refractivity contribution in [1.29, 1.82) is 0 Å². The first-order chi connectivity index (χ1) is 6.27. The molecule has 0 saturated carbocycles. The minimum atomic E-state index is -0.276. The predicted octanol–water partition coefficient (Wildman–Crippen LogP) is 2.37. The maximum atomic E-state index is 12.9. The normalized spacial score (nSPS) is 15.4. The van der Waals surface area contributed by atoms with E-state index in [0.29, 0.717) is 23.5 Å². The van der Waals surface area contributed by atoms with Crippen LogP contribution in [-0.4, -0.2) is 19.0 Å². The molecule has 0 unspecified atom stereocenters. The number of hydrogen-bond donors (Lipinski definition) is 0. The Morgan fingerprint density at radius 3 is 2.92 bits per heavy atom. The van der Waals surface area contributed by atoms with Crippen molar-refractivity contribution in [2.75, 3.05) is 13.2 Å². The van der Waals surface area contributed by atoms with Crippen LogP contribution in [0.2, 0.25) is 0 Å². The monoisotopic (exact) mass is 243 g/mol. The van der Waals surface area contributed by atoms with Gasteiger partial charge < -0.3 is 4.74 Å². The van der Waals surface area contributed by atoms with Crippen LogP contribution in [0, 0.1) is 5.82 Å². The molecule has 0 spiro atoms. The van der Waals surface area contributed by atoms with Crippen molar-refractivity contribution in [3.8, 4) is 0 Å². The zero-order valence-electron chi connectivity index (χ0n) is 6.76. The average molecular weight is 244 g/mol. The molecule has 0 saturated heterocycles. The topological polar surface area (TPSA) is 21.6 Å². The Morgan fingerprint density at radius 1 is 1.46 bits per heavy atom. The fraction of sp³-hybridized carbons (Fsp3) is 0.222. The largest absolute Gasteiger partial charge is 0.476 e. The summed E-state index contributed by atoms with van der Waals surface area (Å²) in [5.74, 6) is 0.322. The van der Waals surface area contributed by atoms with Gasteiger partial charge in [0.25, 0.3) is 0 Å². The molecule has 0 bridgehead atoms. The number of benzene rings is 1. The second-order valence-corrected chi connectivity index (χ2v) is 3.52. The van der Waals surface area contributed by atoms with Crippen LogP contribution >= 0.6 is 15.9 Å². The first kappa shape index (κ1) is 8.69. The van der Waals surface area contributed by atoms with Gasteiger partial charge in [0.1, 0.15) is 12.4 Å². The molecule has 0 N–H and O–H groups in total. The van der Waals surface area contributed by atoms with Crippen molar-refractivity contribution in [2.45, 2.75) is 0 Å². The van der Waals surface area contributed by atoms with Gasteiger partial charge in [-0.2, -0.15) is 0 Å². The molecule has 2 rings (SSSR count). The van der Waals surface area contributed by atoms with Crippen LogP contribution in [0.3, 0.4) is 0 Å². The number of aliphatic imine (C=N–C) groups is 1. The zero-order valence-corrected chi connectivity index (χ0v) is 8.34. The fourth-order valence-corrected chi connectivity index (χ4v) is 1.52. The molecular weight excluding hydrogens is 237 g/mol. The van der Waals surface area contributed by atoms with Gasteiger partial charge in [-0.25, -0.2) is 9.38 Å². The predicted molar refractivity (Wildman–Crippen MR) is 51.5 cm³/mol. The third-order valence-electron chi connectivity index (χ3n) is 1.75. The summed E-state index contributed by atoms with van der Waals surface area (Å²) in [6, 6.07) is 4.72. The van der Waals surface area contributed by atoms with Crippen molar-refractivity contribution in [3.63, 3.8) is 0 Å². The highest BCUT2D eigenvalue weighted by atomic mass is 79.9. The van der Waals surface area contributed by atoms with Gasteiger partial charge in [-0.1, -0.05) is 0 Å². The average Bonchev–Trinajstić information content (AvgIpc) is 2.62. The van der Waals surface area contributed by atoms with Crippen LogP contribution in [-0.2, 0) is 4.74 Å². The highest BCUT2D eigenvalue weighted by Crippen LogP contribution is 2.18. The van der Waals surface area contributed by atoms with Crippen LogP contribution in [0.25, 0.3) is 0 Å². The van der Waals surface area contributed by atoms with Crippen molar-refractivity contribution < 1.29 is 9.13 Å². The molecule has 0 aromatic heterocycles. The minimum absolute atomic E-state index is 0.276. The highest BCUT2D eigenvalue weighted by Gasteiger charge is 2.11. The van der Waals surface area contributed by atoms with Gasteiger partial charge in [-0.3, -0.25) is 0 Å². The molecule has 0 fully saturated rings. The lowest BCUT2D eigenvalue weighted by molar-refractivity contribution is 0.348. The number of hydrogen-bond acceptors (Lipinski definition) is 2. The minimum Gasteiger partial charge on any atom is -0.476 e. The van der Waals surface area contributed by atoms with Crippen LogP contribution in [0.4, 0.5) is 4.39 Å². The van der Waals surface area contributed by atoms with Gasteiger partial charge in [0.05, 0.1) is 11.0 Å². The summed E-state index contributed by atoms with van der Waals surface area (Å²) in [5, 5.41) is 0. The summed E-state index contributed by atoms with van der Waals surface area (Å²) in [7, 11) is 0. The molecule has 1 aliphatic rings. The molecule has 13 heavy (non-hydrogen) atoms. The van der Waals surface area contributed by atoms with Gasteiger partial charge in [0.15, 0.2) is 0 Å². The van der Waals surface area contributed by atoms with E-state index in [4.69, 9.17) is 4.74 Å². The van der Waals surface area contributed by atoms with Crippen molar-refractivity contribution in [1.82, 2.24) is 0 Å². The van der Waals surface area contributed by atoms with E-state index in [1.165, 1.54) is 6.07 Å². The summed E-state index contributed by atoms with van der Waals surface area (Å²) < 4.78 is 18.5. The van der Waals surface area contributed by atoms with Gasteiger partial charge >= 0.3 is 0 Å². The van der Waals surface area contributed by atoms with Gasteiger partial charge in [-0.05, 0) is 34.1 Å². The van der Waals surface area contributed by atoms with Crippen LogP contribution in [0.5, 0.6) is 0 Å². The molecule has 1 aliphatic heterocycles. The number of nitrogens with zero attached hydrogens (tertiary/aromatic N) is 1. The number of ether oxygens (including phenoxy) is 1. The van der Waals surface area contributed by atoms with Gasteiger partial charge in [0, 0.05) is 5.56 Å². The Kier molecular flexibility index (Phi) is 2.31. The van der Waals surface area contributed by atoms with E-state index in [9.17, 15) is 4.39 Å². The Hall–Kier alpha value is -0.900. The number of halogens is 2. The first-order valence-electron chi connectivity index (χ1n) is 3.90. The summed E-state index contributed by atoms with van der Waals surface area (Å²) in [5.41, 5.74) is 0.811. The summed E-state index contributed by atoms with van der Waals surface area (Å²) in [6.07, 6.45) is 0. The molecule has 4 heteroatoms. The zero-order chi connectivity index (χ0) is 9.26. The van der Waals surface area contributed by atoms with Crippen LogP contribution in [0.15, 0.2) is 27.7 Å². The van der Waals surface area contributed by atoms with E-state index in [0.717, 1.165) is 5.56 Å². The Bertz CT molecular complexity index is 365. The van der Waals surface area contributed by atoms with E-state index in [-0.39, 0.29) is 5.82 Å². The molecule has 1 aromatic rings. The van der Waals surface area contributed by atoms with E-state index in [2.05, 4.69) is 20.9 Å². The lowest BCUT2D eigenvalue weighted by Crippen LogP contribution is -2.01. The van der Waals surface area contributed by atoms with E-state index < -0.39 is 0 Å².